The van der Waals surface area contributed by atoms with Crippen LogP contribution in [0.5, 0.6) is 0 Å². The second kappa shape index (κ2) is 8.72. The Kier molecular flexibility index (Phi) is 5.39. The average Bonchev–Trinajstić information content (AvgIpc) is 3.37. The van der Waals surface area contributed by atoms with Crippen LogP contribution in [0.15, 0.2) is 121 Å². The van der Waals surface area contributed by atoms with Gasteiger partial charge in [-0.2, -0.15) is 0 Å². The number of hydrogen-bond acceptors (Lipinski definition) is 2. The Labute approximate surface area is 210 Å². The lowest BCUT2D eigenvalue weighted by Crippen LogP contribution is -2.15. The van der Waals surface area contributed by atoms with Gasteiger partial charge in [-0.15, -0.1) is 11.3 Å². The summed E-state index contributed by atoms with van der Waals surface area (Å²) in [4.78, 5) is 0. The van der Waals surface area contributed by atoms with Crippen LogP contribution in [0.25, 0.3) is 31.3 Å². The summed E-state index contributed by atoms with van der Waals surface area (Å²) >= 11 is 1.90. The van der Waals surface area contributed by atoms with Crippen LogP contribution in [0.2, 0.25) is 0 Å². The summed E-state index contributed by atoms with van der Waals surface area (Å²) in [5.74, 6) is 0. The molecule has 1 nitrogen and oxygen atoms in total. The summed E-state index contributed by atoms with van der Waals surface area (Å²) < 4.78 is 2.74. The highest BCUT2D eigenvalue weighted by molar-refractivity contribution is 7.25. The largest absolute Gasteiger partial charge is 0.356 e. The Morgan fingerprint density at radius 3 is 1.89 bits per heavy atom. The minimum atomic E-state index is -0.0176. The first-order valence-electron chi connectivity index (χ1n) is 12.0. The molecule has 170 valence electrons. The van der Waals surface area contributed by atoms with E-state index in [9.17, 15) is 0 Å². The summed E-state index contributed by atoms with van der Waals surface area (Å²) in [6.45, 7) is 4.70. The molecule has 0 saturated carbocycles. The lowest BCUT2D eigenvalue weighted by atomic mass is 9.82. The molecule has 0 spiro atoms. The van der Waals surface area contributed by atoms with Crippen molar-refractivity contribution in [3.63, 3.8) is 0 Å². The molecule has 0 amide bonds. The standard InChI is InChI=1S/C27H21NS.C6H6/c1-27(2)23-14-18(28-17-8-4-3-5-9-17)12-13-19(23)21-16-26-22(15-24(21)27)20-10-6-7-11-25(20)29-26;1-2-4-6-5-3-1/h3-16,28H,1-2H3;1-6H. The Morgan fingerprint density at radius 1 is 0.514 bits per heavy atom. The van der Waals surface area contributed by atoms with Gasteiger partial charge in [-0.05, 0) is 64.7 Å². The first kappa shape index (κ1) is 21.6. The van der Waals surface area contributed by atoms with Crippen molar-refractivity contribution in [2.45, 2.75) is 19.3 Å². The van der Waals surface area contributed by atoms with E-state index in [1.807, 2.05) is 53.8 Å². The molecule has 5 aromatic carbocycles. The summed E-state index contributed by atoms with van der Waals surface area (Å²) in [5, 5.41) is 6.30. The van der Waals surface area contributed by atoms with Crippen LogP contribution < -0.4 is 5.32 Å². The summed E-state index contributed by atoms with van der Waals surface area (Å²) in [6.07, 6.45) is 0. The number of thiophene rings is 1. The number of rotatable bonds is 2. The van der Waals surface area contributed by atoms with Gasteiger partial charge in [-0.1, -0.05) is 92.7 Å². The number of para-hydroxylation sites is 1. The Balaban J connectivity index is 0.000000336. The maximum absolute atomic E-state index is 3.55. The SMILES string of the molecule is CC1(C)c2cc(Nc3ccccc3)ccc2-c2cc3sc4ccccc4c3cc21.c1ccccc1. The quantitative estimate of drug-likeness (QED) is 0.266. The molecule has 0 saturated heterocycles. The van der Waals surface area contributed by atoms with E-state index in [0.717, 1.165) is 11.4 Å². The molecule has 2 heteroatoms. The fraction of sp³-hybridized carbons (Fsp3) is 0.0909. The first-order chi connectivity index (χ1) is 17.1. The van der Waals surface area contributed by atoms with E-state index in [-0.39, 0.29) is 5.41 Å². The van der Waals surface area contributed by atoms with E-state index >= 15 is 0 Å². The van der Waals surface area contributed by atoms with Crippen molar-refractivity contribution in [1.82, 2.24) is 0 Å². The zero-order valence-corrected chi connectivity index (χ0v) is 20.8. The minimum Gasteiger partial charge on any atom is -0.356 e. The van der Waals surface area contributed by atoms with Crippen LogP contribution in [0.3, 0.4) is 0 Å². The van der Waals surface area contributed by atoms with E-state index in [0.29, 0.717) is 0 Å². The van der Waals surface area contributed by atoms with Crippen LogP contribution in [-0.4, -0.2) is 0 Å². The van der Waals surface area contributed by atoms with E-state index in [2.05, 4.69) is 98.0 Å². The predicted octanol–water partition coefficient (Wildman–Crippen LogP) is 9.79. The molecule has 0 radical (unpaired) electrons. The lowest BCUT2D eigenvalue weighted by molar-refractivity contribution is 0.661. The number of hydrogen-bond donors (Lipinski definition) is 1. The Bertz CT molecular complexity index is 1600. The Morgan fingerprint density at radius 2 is 1.14 bits per heavy atom. The Hall–Kier alpha value is -3.88. The third-order valence-corrected chi connectivity index (χ3v) is 8.04. The third kappa shape index (κ3) is 3.90. The number of benzene rings is 5. The maximum Gasteiger partial charge on any atom is 0.0387 e. The van der Waals surface area contributed by atoms with Crippen molar-refractivity contribution < 1.29 is 0 Å². The van der Waals surface area contributed by atoms with Gasteiger partial charge in [0.05, 0.1) is 0 Å². The summed E-state index contributed by atoms with van der Waals surface area (Å²) in [7, 11) is 0. The second-order valence-corrected chi connectivity index (χ2v) is 10.6. The molecule has 0 fully saturated rings. The molecule has 35 heavy (non-hydrogen) atoms. The fourth-order valence-electron chi connectivity index (χ4n) is 5.10. The molecule has 0 atom stereocenters. The van der Waals surface area contributed by atoms with Crippen molar-refractivity contribution in [2.75, 3.05) is 5.32 Å². The van der Waals surface area contributed by atoms with Crippen LogP contribution in [-0.2, 0) is 5.41 Å². The van der Waals surface area contributed by atoms with Gasteiger partial charge in [-0.3, -0.25) is 0 Å². The van der Waals surface area contributed by atoms with E-state index < -0.39 is 0 Å². The van der Waals surface area contributed by atoms with Gasteiger partial charge in [0, 0.05) is 37.0 Å². The van der Waals surface area contributed by atoms with Crippen LogP contribution in [0.1, 0.15) is 25.0 Å². The van der Waals surface area contributed by atoms with Crippen molar-refractivity contribution in [1.29, 1.82) is 0 Å². The maximum atomic E-state index is 3.55. The molecule has 0 bridgehead atoms. The summed E-state index contributed by atoms with van der Waals surface area (Å²) in [5.41, 5.74) is 7.82. The van der Waals surface area contributed by atoms with Gasteiger partial charge in [0.15, 0.2) is 0 Å². The minimum absolute atomic E-state index is 0.0176. The molecule has 6 aromatic rings. The summed E-state index contributed by atoms with van der Waals surface area (Å²) in [6, 6.07) is 42.8. The van der Waals surface area contributed by atoms with Crippen molar-refractivity contribution >= 4 is 42.9 Å². The van der Waals surface area contributed by atoms with Crippen molar-refractivity contribution in [2.24, 2.45) is 0 Å². The number of fused-ring (bicyclic) bond motifs is 6. The first-order valence-corrected chi connectivity index (χ1v) is 12.9. The van der Waals surface area contributed by atoms with Crippen LogP contribution >= 0.6 is 11.3 Å². The van der Waals surface area contributed by atoms with Crippen LogP contribution in [0, 0.1) is 0 Å². The predicted molar refractivity (Wildman–Crippen MR) is 153 cm³/mol. The van der Waals surface area contributed by atoms with Gasteiger partial charge in [-0.25, -0.2) is 0 Å². The smallest absolute Gasteiger partial charge is 0.0387 e. The lowest BCUT2D eigenvalue weighted by Gasteiger charge is -2.22. The molecule has 7 rings (SSSR count). The van der Waals surface area contributed by atoms with Crippen LogP contribution in [0.4, 0.5) is 11.4 Å². The van der Waals surface area contributed by atoms with Crippen molar-refractivity contribution in [3.05, 3.63) is 132 Å². The van der Waals surface area contributed by atoms with E-state index in [4.69, 9.17) is 0 Å². The van der Waals surface area contributed by atoms with E-state index in [1.165, 1.54) is 42.4 Å². The number of nitrogens with one attached hydrogen (secondary N) is 1. The second-order valence-electron chi connectivity index (χ2n) is 9.52. The molecule has 0 unspecified atom stereocenters. The van der Waals surface area contributed by atoms with Gasteiger partial charge >= 0.3 is 0 Å². The molecule has 1 heterocycles. The topological polar surface area (TPSA) is 12.0 Å². The number of anilines is 2. The molecular weight excluding hydrogens is 442 g/mol. The molecule has 0 aliphatic heterocycles. The van der Waals surface area contributed by atoms with E-state index in [1.54, 1.807) is 0 Å². The van der Waals surface area contributed by atoms with Crippen molar-refractivity contribution in [3.8, 4) is 11.1 Å². The monoisotopic (exact) mass is 469 g/mol. The highest BCUT2D eigenvalue weighted by Crippen LogP contribution is 2.52. The molecular formula is C33H27NS. The zero-order chi connectivity index (χ0) is 23.8. The zero-order valence-electron chi connectivity index (χ0n) is 20.0. The normalized spacial score (nSPS) is 13.1. The van der Waals surface area contributed by atoms with Gasteiger partial charge < -0.3 is 5.32 Å². The molecule has 1 aromatic heterocycles. The third-order valence-electron chi connectivity index (χ3n) is 6.90. The van der Waals surface area contributed by atoms with Gasteiger partial charge in [0.2, 0.25) is 0 Å². The molecule has 1 aliphatic carbocycles. The highest BCUT2D eigenvalue weighted by atomic mass is 32.1. The van der Waals surface area contributed by atoms with Gasteiger partial charge in [0.25, 0.3) is 0 Å². The van der Waals surface area contributed by atoms with Gasteiger partial charge in [0.1, 0.15) is 0 Å². The highest BCUT2D eigenvalue weighted by Gasteiger charge is 2.36. The molecule has 1 aliphatic rings. The molecule has 1 N–H and O–H groups in total. The average molecular weight is 470 g/mol. The fourth-order valence-corrected chi connectivity index (χ4v) is 6.23.